The summed E-state index contributed by atoms with van der Waals surface area (Å²) >= 11 is 0. The van der Waals surface area contributed by atoms with Gasteiger partial charge < -0.3 is 14.8 Å². The molecular formula is C24H36N4. The van der Waals surface area contributed by atoms with Crippen molar-refractivity contribution in [3.8, 4) is 0 Å². The molecule has 3 aliphatic rings. The lowest BCUT2D eigenvalue weighted by molar-refractivity contribution is 0.156. The molecule has 1 aliphatic carbocycles. The van der Waals surface area contributed by atoms with Crippen LogP contribution < -0.4 is 5.32 Å². The lowest BCUT2D eigenvalue weighted by Crippen LogP contribution is -2.38. The molecule has 0 bridgehead atoms. The number of nitrogens with zero attached hydrogens (tertiary/aromatic N) is 3. The van der Waals surface area contributed by atoms with Crippen molar-refractivity contribution >= 4 is 11.0 Å². The van der Waals surface area contributed by atoms with Gasteiger partial charge >= 0.3 is 0 Å². The Morgan fingerprint density at radius 2 is 1.71 bits per heavy atom. The number of piperidine rings is 1. The third-order valence-corrected chi connectivity index (χ3v) is 7.46. The quantitative estimate of drug-likeness (QED) is 0.779. The van der Waals surface area contributed by atoms with E-state index in [0.717, 1.165) is 19.0 Å². The molecule has 3 heterocycles. The summed E-state index contributed by atoms with van der Waals surface area (Å²) in [4.78, 5) is 7.87. The van der Waals surface area contributed by atoms with Crippen LogP contribution in [0.1, 0.15) is 75.6 Å². The Labute approximate surface area is 169 Å². The predicted octanol–water partition coefficient (Wildman–Crippen LogP) is 4.72. The number of imidazole rings is 1. The van der Waals surface area contributed by atoms with Gasteiger partial charge in [-0.3, -0.25) is 0 Å². The van der Waals surface area contributed by atoms with Gasteiger partial charge in [0.1, 0.15) is 5.82 Å². The van der Waals surface area contributed by atoms with Crippen molar-refractivity contribution in [2.45, 2.75) is 69.7 Å². The van der Waals surface area contributed by atoms with Crippen molar-refractivity contribution in [3.05, 3.63) is 30.1 Å². The number of nitrogens with one attached hydrogen (secondary N) is 1. The number of rotatable bonds is 4. The molecule has 5 rings (SSSR count). The molecule has 2 aliphatic heterocycles. The average Bonchev–Trinajstić information content (AvgIpc) is 3.31. The van der Waals surface area contributed by atoms with Gasteiger partial charge in [-0.15, -0.1) is 0 Å². The Morgan fingerprint density at radius 1 is 0.929 bits per heavy atom. The van der Waals surface area contributed by atoms with Crippen LogP contribution in [-0.4, -0.2) is 47.2 Å². The van der Waals surface area contributed by atoms with E-state index in [1.54, 1.807) is 0 Å². The van der Waals surface area contributed by atoms with Crippen LogP contribution in [0, 0.1) is 5.92 Å². The van der Waals surface area contributed by atoms with Crippen molar-refractivity contribution in [2.75, 3.05) is 32.7 Å². The number of hydrogen-bond acceptors (Lipinski definition) is 3. The van der Waals surface area contributed by atoms with Gasteiger partial charge in [-0.1, -0.05) is 37.8 Å². The number of aromatic nitrogens is 2. The molecule has 1 N–H and O–H groups in total. The lowest BCUT2D eigenvalue weighted by Gasteiger charge is -2.35. The molecule has 3 fully saturated rings. The van der Waals surface area contributed by atoms with Crippen LogP contribution in [0.2, 0.25) is 0 Å². The van der Waals surface area contributed by atoms with Crippen LogP contribution >= 0.6 is 0 Å². The molecule has 4 nitrogen and oxygen atoms in total. The first-order valence-electron chi connectivity index (χ1n) is 11.8. The molecule has 1 aromatic carbocycles. The summed E-state index contributed by atoms with van der Waals surface area (Å²) in [6.45, 7) is 6.08. The first-order valence-corrected chi connectivity index (χ1v) is 11.8. The van der Waals surface area contributed by atoms with Gasteiger partial charge in [0.05, 0.1) is 11.0 Å². The monoisotopic (exact) mass is 380 g/mol. The zero-order valence-electron chi connectivity index (χ0n) is 17.3. The molecule has 2 aromatic rings. The minimum absolute atomic E-state index is 0.580. The Kier molecular flexibility index (Phi) is 5.68. The molecule has 1 saturated carbocycles. The molecule has 0 unspecified atom stereocenters. The van der Waals surface area contributed by atoms with Crippen molar-refractivity contribution in [1.29, 1.82) is 0 Å². The van der Waals surface area contributed by atoms with Gasteiger partial charge in [0.2, 0.25) is 0 Å². The summed E-state index contributed by atoms with van der Waals surface area (Å²) in [6.07, 6.45) is 12.6. The summed E-state index contributed by atoms with van der Waals surface area (Å²) < 4.78 is 2.63. The van der Waals surface area contributed by atoms with Crippen molar-refractivity contribution < 1.29 is 0 Å². The molecule has 2 saturated heterocycles. The maximum absolute atomic E-state index is 5.10. The van der Waals surface area contributed by atoms with E-state index in [1.165, 1.54) is 94.3 Å². The first kappa shape index (κ1) is 18.6. The minimum atomic E-state index is 0.580. The summed E-state index contributed by atoms with van der Waals surface area (Å²) in [6, 6.07) is 9.41. The maximum Gasteiger partial charge on any atom is 0.114 e. The fraction of sp³-hybridized carbons (Fsp3) is 0.708. The maximum atomic E-state index is 5.10. The second-order valence-corrected chi connectivity index (χ2v) is 9.41. The van der Waals surface area contributed by atoms with Gasteiger partial charge in [0.15, 0.2) is 0 Å². The zero-order valence-corrected chi connectivity index (χ0v) is 17.3. The van der Waals surface area contributed by atoms with Crippen molar-refractivity contribution in [2.24, 2.45) is 5.92 Å². The molecule has 0 amide bonds. The summed E-state index contributed by atoms with van der Waals surface area (Å²) in [5.41, 5.74) is 2.54. The SMILES string of the molecule is c1ccc2c(c1)nc([C@H]1CCNC1)n2C1CCN(CC2CCCCCC2)CC1. The van der Waals surface area contributed by atoms with E-state index < -0.39 is 0 Å². The number of fused-ring (bicyclic) bond motifs is 1. The van der Waals surface area contributed by atoms with Gasteiger partial charge in [-0.25, -0.2) is 4.98 Å². The second kappa shape index (κ2) is 8.54. The highest BCUT2D eigenvalue weighted by Crippen LogP contribution is 2.34. The smallest absolute Gasteiger partial charge is 0.114 e. The normalized spacial score (nSPS) is 26.1. The van der Waals surface area contributed by atoms with E-state index in [4.69, 9.17) is 4.98 Å². The zero-order chi connectivity index (χ0) is 18.8. The Bertz CT molecular complexity index is 760. The van der Waals surface area contributed by atoms with Gasteiger partial charge in [-0.2, -0.15) is 0 Å². The van der Waals surface area contributed by atoms with Crippen LogP contribution in [0.25, 0.3) is 11.0 Å². The third-order valence-electron chi connectivity index (χ3n) is 7.46. The predicted molar refractivity (Wildman–Crippen MR) is 116 cm³/mol. The molecule has 0 spiro atoms. The fourth-order valence-corrected chi connectivity index (χ4v) is 5.88. The Morgan fingerprint density at radius 3 is 2.46 bits per heavy atom. The van der Waals surface area contributed by atoms with Crippen LogP contribution in [0.15, 0.2) is 24.3 Å². The van der Waals surface area contributed by atoms with Crippen molar-refractivity contribution in [1.82, 2.24) is 19.8 Å². The fourth-order valence-electron chi connectivity index (χ4n) is 5.88. The van der Waals surface area contributed by atoms with E-state index in [1.807, 2.05) is 0 Å². The number of benzene rings is 1. The molecular weight excluding hydrogens is 344 g/mol. The number of para-hydroxylation sites is 2. The molecule has 28 heavy (non-hydrogen) atoms. The average molecular weight is 381 g/mol. The molecule has 1 atom stereocenters. The van der Waals surface area contributed by atoms with Gasteiger partial charge in [-0.05, 0) is 56.7 Å². The van der Waals surface area contributed by atoms with E-state index >= 15 is 0 Å². The molecule has 0 radical (unpaired) electrons. The van der Waals surface area contributed by atoms with E-state index in [9.17, 15) is 0 Å². The van der Waals surface area contributed by atoms with E-state index in [0.29, 0.717) is 12.0 Å². The highest BCUT2D eigenvalue weighted by atomic mass is 15.2. The lowest BCUT2D eigenvalue weighted by atomic mass is 9.97. The van der Waals surface area contributed by atoms with Crippen LogP contribution in [0.5, 0.6) is 0 Å². The minimum Gasteiger partial charge on any atom is -0.324 e. The number of hydrogen-bond donors (Lipinski definition) is 1. The molecule has 1 aromatic heterocycles. The van der Waals surface area contributed by atoms with Crippen LogP contribution in [0.3, 0.4) is 0 Å². The largest absolute Gasteiger partial charge is 0.324 e. The van der Waals surface area contributed by atoms with Crippen molar-refractivity contribution in [3.63, 3.8) is 0 Å². The topological polar surface area (TPSA) is 33.1 Å². The van der Waals surface area contributed by atoms with Gasteiger partial charge in [0.25, 0.3) is 0 Å². The summed E-state index contributed by atoms with van der Waals surface area (Å²) in [7, 11) is 0. The highest BCUT2D eigenvalue weighted by Gasteiger charge is 2.29. The highest BCUT2D eigenvalue weighted by molar-refractivity contribution is 5.76. The number of likely N-dealkylation sites (tertiary alicyclic amines) is 1. The van der Waals surface area contributed by atoms with Crippen LogP contribution in [-0.2, 0) is 0 Å². The summed E-state index contributed by atoms with van der Waals surface area (Å²) in [5.74, 6) is 2.87. The Hall–Kier alpha value is -1.39. The third kappa shape index (κ3) is 3.86. The molecule has 152 valence electrons. The van der Waals surface area contributed by atoms with E-state index in [2.05, 4.69) is 39.0 Å². The van der Waals surface area contributed by atoms with Crippen LogP contribution in [0.4, 0.5) is 0 Å². The second-order valence-electron chi connectivity index (χ2n) is 9.41. The standard InChI is InChI=1S/C24H36N4/c1-2-4-8-19(7-3-1)18-27-15-12-21(13-16-27)28-23-10-6-5-9-22(23)26-24(28)20-11-14-25-17-20/h5-6,9-10,19-21,25H,1-4,7-8,11-18H2/t20-/m0/s1. The first-order chi connectivity index (χ1) is 13.9. The van der Waals surface area contributed by atoms with Gasteiger partial charge in [0, 0.05) is 38.1 Å². The summed E-state index contributed by atoms with van der Waals surface area (Å²) in [5, 5.41) is 3.54. The van der Waals surface area contributed by atoms with E-state index in [-0.39, 0.29) is 0 Å². The Balaban J connectivity index is 1.30. The molecule has 4 heteroatoms.